The fraction of sp³-hybridized carbons (Fsp3) is 0.267. The molecule has 0 unspecified atom stereocenters. The lowest BCUT2D eigenvalue weighted by Gasteiger charge is -2.09. The topological polar surface area (TPSA) is 3.88 Å². The average Bonchev–Trinajstić information content (AvgIpc) is 2.25. The highest BCUT2D eigenvalue weighted by Gasteiger charge is 2.12. The lowest BCUT2D eigenvalue weighted by atomic mass is 10.00. The van der Waals surface area contributed by atoms with E-state index in [2.05, 4.69) is 37.5 Å². The summed E-state index contributed by atoms with van der Waals surface area (Å²) in [4.78, 5) is 0. The molecular formula is C15H17ClN+. The number of aromatic nitrogens is 1. The minimum absolute atomic E-state index is 0.770. The van der Waals surface area contributed by atoms with Crippen LogP contribution in [0.25, 0.3) is 0 Å². The third-order valence-electron chi connectivity index (χ3n) is 3.05. The zero-order valence-electron chi connectivity index (χ0n) is 10.5. The second kappa shape index (κ2) is 4.89. The van der Waals surface area contributed by atoms with Crippen molar-refractivity contribution in [1.29, 1.82) is 0 Å². The number of nitrogens with zero attached hydrogens (tertiary/aromatic N) is 1. The maximum atomic E-state index is 6.17. The summed E-state index contributed by atoms with van der Waals surface area (Å²) in [5, 5.41) is 0.770. The third-order valence-corrected chi connectivity index (χ3v) is 3.40. The van der Waals surface area contributed by atoms with Crippen molar-refractivity contribution in [2.24, 2.45) is 0 Å². The first-order valence-electron chi connectivity index (χ1n) is 5.78. The van der Waals surface area contributed by atoms with E-state index in [0.717, 1.165) is 11.7 Å². The summed E-state index contributed by atoms with van der Waals surface area (Å²) in [6.07, 6.45) is 2.01. The lowest BCUT2D eigenvalue weighted by molar-refractivity contribution is -0.686. The molecule has 0 aliphatic heterocycles. The van der Waals surface area contributed by atoms with E-state index in [9.17, 15) is 0 Å². The summed E-state index contributed by atoms with van der Waals surface area (Å²) in [5.41, 5.74) is 5.33. The van der Waals surface area contributed by atoms with Gasteiger partial charge in [-0.2, -0.15) is 4.57 Å². The van der Waals surface area contributed by atoms with Gasteiger partial charge in [-0.1, -0.05) is 17.7 Å². The molecule has 0 atom stereocenters. The van der Waals surface area contributed by atoms with E-state index in [1.807, 2.05) is 24.4 Å². The maximum Gasteiger partial charge on any atom is 0.275 e. The number of hydrogen-bond donors (Lipinski definition) is 0. The Morgan fingerprint density at radius 1 is 1.06 bits per heavy atom. The van der Waals surface area contributed by atoms with Gasteiger partial charge in [0.15, 0.2) is 12.7 Å². The zero-order chi connectivity index (χ0) is 12.4. The minimum atomic E-state index is 0.770. The van der Waals surface area contributed by atoms with Crippen LogP contribution in [0.2, 0.25) is 5.15 Å². The zero-order valence-corrected chi connectivity index (χ0v) is 11.3. The molecule has 0 radical (unpaired) electrons. The Bertz CT molecular complexity index is 523. The number of aryl methyl sites for hydroxylation is 3. The van der Waals surface area contributed by atoms with Crippen LogP contribution in [0.1, 0.15) is 22.3 Å². The summed E-state index contributed by atoms with van der Waals surface area (Å²) >= 11 is 6.17. The van der Waals surface area contributed by atoms with Gasteiger partial charge in [-0.25, -0.2) is 0 Å². The van der Waals surface area contributed by atoms with Crippen molar-refractivity contribution in [3.05, 3.63) is 63.9 Å². The first kappa shape index (κ1) is 12.1. The van der Waals surface area contributed by atoms with E-state index in [-0.39, 0.29) is 0 Å². The Morgan fingerprint density at radius 2 is 1.71 bits per heavy atom. The molecule has 0 aliphatic carbocycles. The van der Waals surface area contributed by atoms with Crippen molar-refractivity contribution in [2.75, 3.05) is 0 Å². The number of halogens is 1. The molecular weight excluding hydrogens is 230 g/mol. The molecule has 17 heavy (non-hydrogen) atoms. The molecule has 0 N–H and O–H groups in total. The van der Waals surface area contributed by atoms with Gasteiger partial charge in [0.25, 0.3) is 5.15 Å². The maximum absolute atomic E-state index is 6.17. The SMILES string of the molecule is Cc1cc(C)c(C[n+]2ccccc2Cl)c(C)c1. The molecule has 1 nitrogen and oxygen atoms in total. The number of hydrogen-bond acceptors (Lipinski definition) is 0. The summed E-state index contributed by atoms with van der Waals surface area (Å²) < 4.78 is 2.06. The molecule has 1 aromatic heterocycles. The van der Waals surface area contributed by atoms with Gasteiger partial charge in [0.1, 0.15) is 0 Å². The Balaban J connectivity index is 2.40. The van der Waals surface area contributed by atoms with Crippen molar-refractivity contribution < 1.29 is 4.57 Å². The molecule has 0 saturated heterocycles. The van der Waals surface area contributed by atoms with E-state index in [0.29, 0.717) is 0 Å². The molecule has 2 aromatic rings. The second-order valence-corrected chi connectivity index (χ2v) is 4.92. The van der Waals surface area contributed by atoms with Crippen LogP contribution in [0.15, 0.2) is 36.5 Å². The molecule has 2 heteroatoms. The Labute approximate surface area is 108 Å². The molecule has 2 rings (SSSR count). The number of pyridine rings is 1. The van der Waals surface area contributed by atoms with Crippen LogP contribution < -0.4 is 4.57 Å². The fourth-order valence-corrected chi connectivity index (χ4v) is 2.40. The highest BCUT2D eigenvalue weighted by Crippen LogP contribution is 2.16. The van der Waals surface area contributed by atoms with Gasteiger partial charge in [0.2, 0.25) is 0 Å². The first-order chi connectivity index (χ1) is 8.08. The van der Waals surface area contributed by atoms with E-state index in [1.165, 1.54) is 22.3 Å². The molecule has 0 aliphatic rings. The monoisotopic (exact) mass is 246 g/mol. The largest absolute Gasteiger partial charge is 0.275 e. The highest BCUT2D eigenvalue weighted by atomic mass is 35.5. The van der Waals surface area contributed by atoms with Crippen LogP contribution in [0.5, 0.6) is 0 Å². The van der Waals surface area contributed by atoms with Crippen LogP contribution in [0.4, 0.5) is 0 Å². The summed E-state index contributed by atoms with van der Waals surface area (Å²) in [6.45, 7) is 7.28. The summed E-state index contributed by atoms with van der Waals surface area (Å²) in [7, 11) is 0. The van der Waals surface area contributed by atoms with Crippen LogP contribution in [0.3, 0.4) is 0 Å². The van der Waals surface area contributed by atoms with Gasteiger partial charge in [-0.15, -0.1) is 0 Å². The van der Waals surface area contributed by atoms with Crippen LogP contribution in [-0.2, 0) is 6.54 Å². The molecule has 1 aromatic carbocycles. The first-order valence-corrected chi connectivity index (χ1v) is 6.16. The number of rotatable bonds is 2. The molecule has 88 valence electrons. The van der Waals surface area contributed by atoms with Gasteiger partial charge in [-0.05, 0) is 49.6 Å². The highest BCUT2D eigenvalue weighted by molar-refractivity contribution is 6.28. The van der Waals surface area contributed by atoms with E-state index < -0.39 is 0 Å². The average molecular weight is 247 g/mol. The molecule has 0 fully saturated rings. The van der Waals surface area contributed by atoms with E-state index >= 15 is 0 Å². The van der Waals surface area contributed by atoms with Gasteiger partial charge in [0.05, 0.1) is 0 Å². The molecule has 0 saturated carbocycles. The number of benzene rings is 1. The second-order valence-electron chi connectivity index (χ2n) is 4.53. The van der Waals surface area contributed by atoms with Gasteiger partial charge < -0.3 is 0 Å². The Kier molecular flexibility index (Phi) is 3.49. The van der Waals surface area contributed by atoms with Crippen molar-refractivity contribution >= 4 is 11.6 Å². The quantitative estimate of drug-likeness (QED) is 0.563. The normalized spacial score (nSPS) is 10.6. The minimum Gasteiger partial charge on any atom is -0.184 e. The lowest BCUT2D eigenvalue weighted by Crippen LogP contribution is -2.35. The standard InChI is InChI=1S/C15H17ClN/c1-11-8-12(2)14(13(3)9-11)10-17-7-5-4-6-15(17)16/h4-9H,10H2,1-3H3/q+1. The molecule has 0 bridgehead atoms. The molecule has 0 amide bonds. The van der Waals surface area contributed by atoms with Gasteiger partial charge in [0, 0.05) is 17.7 Å². The summed E-state index contributed by atoms with van der Waals surface area (Å²) in [6, 6.07) is 10.3. The third kappa shape index (κ3) is 2.67. The van der Waals surface area contributed by atoms with Crippen LogP contribution >= 0.6 is 11.6 Å². The molecule has 0 spiro atoms. The smallest absolute Gasteiger partial charge is 0.184 e. The van der Waals surface area contributed by atoms with E-state index in [4.69, 9.17) is 11.6 Å². The van der Waals surface area contributed by atoms with Crippen molar-refractivity contribution in [1.82, 2.24) is 0 Å². The van der Waals surface area contributed by atoms with Crippen molar-refractivity contribution in [3.8, 4) is 0 Å². The molecule has 1 heterocycles. The fourth-order valence-electron chi connectivity index (χ4n) is 2.21. The predicted octanol–water partition coefficient (Wildman–Crippen LogP) is 3.60. The van der Waals surface area contributed by atoms with Crippen molar-refractivity contribution in [3.63, 3.8) is 0 Å². The Hall–Kier alpha value is -1.34. The van der Waals surface area contributed by atoms with Crippen molar-refractivity contribution in [2.45, 2.75) is 27.3 Å². The Morgan fingerprint density at radius 3 is 2.29 bits per heavy atom. The summed E-state index contributed by atoms with van der Waals surface area (Å²) in [5.74, 6) is 0. The predicted molar refractivity (Wildman–Crippen MR) is 71.4 cm³/mol. The van der Waals surface area contributed by atoms with Gasteiger partial charge >= 0.3 is 0 Å². The van der Waals surface area contributed by atoms with E-state index in [1.54, 1.807) is 0 Å². The van der Waals surface area contributed by atoms with Gasteiger partial charge in [-0.3, -0.25) is 0 Å². The van der Waals surface area contributed by atoms with Crippen LogP contribution in [-0.4, -0.2) is 0 Å². The van der Waals surface area contributed by atoms with Crippen LogP contribution in [0, 0.1) is 20.8 Å².